The van der Waals surface area contributed by atoms with Crippen LogP contribution in [0.15, 0.2) is 30.6 Å². The highest BCUT2D eigenvalue weighted by atomic mass is 79.9. The molecule has 1 aromatic heterocycles. The van der Waals surface area contributed by atoms with E-state index in [-0.39, 0.29) is 0 Å². The van der Waals surface area contributed by atoms with Gasteiger partial charge in [-0.15, -0.1) is 0 Å². The minimum atomic E-state index is 0.778. The monoisotopic (exact) mass is 312 g/mol. The second-order valence-electron chi connectivity index (χ2n) is 4.02. The molecule has 0 saturated carbocycles. The van der Waals surface area contributed by atoms with E-state index in [1.54, 1.807) is 0 Å². The lowest BCUT2D eigenvalue weighted by Gasteiger charge is -2.03. The third kappa shape index (κ3) is 3.11. The highest BCUT2D eigenvalue weighted by Crippen LogP contribution is 2.19. The van der Waals surface area contributed by atoms with E-state index in [0.717, 1.165) is 34.4 Å². The topological polar surface area (TPSA) is 17.8 Å². The summed E-state index contributed by atoms with van der Waals surface area (Å²) in [7, 11) is 0. The summed E-state index contributed by atoms with van der Waals surface area (Å²) < 4.78 is 1.87. The molecule has 0 amide bonds. The van der Waals surface area contributed by atoms with Crippen molar-refractivity contribution in [3.8, 4) is 5.69 Å². The second kappa shape index (κ2) is 5.69. The van der Waals surface area contributed by atoms with Crippen LogP contribution in [0, 0.1) is 6.92 Å². The van der Waals surface area contributed by atoms with Crippen molar-refractivity contribution >= 4 is 27.5 Å². The lowest BCUT2D eigenvalue weighted by atomic mass is 10.2. The number of nitrogens with zero attached hydrogens (tertiary/aromatic N) is 2. The van der Waals surface area contributed by atoms with Gasteiger partial charge in [0, 0.05) is 16.5 Å². The van der Waals surface area contributed by atoms with Crippen LogP contribution in [0.25, 0.3) is 5.69 Å². The van der Waals surface area contributed by atoms with Gasteiger partial charge in [-0.25, -0.2) is 4.68 Å². The molecule has 0 N–H and O–H groups in total. The molecule has 0 aliphatic carbocycles. The highest BCUT2D eigenvalue weighted by molar-refractivity contribution is 9.09. The number of aryl methyl sites for hydroxylation is 2. The molecule has 0 saturated heterocycles. The van der Waals surface area contributed by atoms with Gasteiger partial charge in [-0.1, -0.05) is 33.6 Å². The maximum absolute atomic E-state index is 6.11. The first kappa shape index (κ1) is 12.7. The van der Waals surface area contributed by atoms with Crippen LogP contribution in [-0.4, -0.2) is 15.1 Å². The maximum Gasteiger partial charge on any atom is 0.0660 e. The smallest absolute Gasteiger partial charge is 0.0660 e. The zero-order chi connectivity index (χ0) is 12.3. The summed E-state index contributed by atoms with van der Waals surface area (Å²) in [6, 6.07) is 5.98. The van der Waals surface area contributed by atoms with Crippen molar-refractivity contribution in [2.45, 2.75) is 19.8 Å². The Morgan fingerprint density at radius 2 is 2.24 bits per heavy atom. The predicted octanol–water partition coefficient (Wildman–Crippen LogP) is 4.16. The molecule has 2 nitrogen and oxygen atoms in total. The van der Waals surface area contributed by atoms with Crippen molar-refractivity contribution in [1.82, 2.24) is 9.78 Å². The van der Waals surface area contributed by atoms with Crippen LogP contribution < -0.4 is 0 Å². The van der Waals surface area contributed by atoms with Crippen LogP contribution in [0.5, 0.6) is 0 Å². The Morgan fingerprint density at radius 1 is 1.41 bits per heavy atom. The van der Waals surface area contributed by atoms with E-state index in [4.69, 9.17) is 11.6 Å². The fourth-order valence-electron chi connectivity index (χ4n) is 1.63. The van der Waals surface area contributed by atoms with Crippen LogP contribution in [0.1, 0.15) is 17.5 Å². The molecule has 17 heavy (non-hydrogen) atoms. The summed E-state index contributed by atoms with van der Waals surface area (Å²) in [5.74, 6) is 0. The number of alkyl halides is 1. The normalized spacial score (nSPS) is 10.8. The van der Waals surface area contributed by atoms with Gasteiger partial charge in [0.1, 0.15) is 0 Å². The van der Waals surface area contributed by atoms with Gasteiger partial charge in [-0.2, -0.15) is 5.10 Å². The predicted molar refractivity (Wildman–Crippen MR) is 75.4 cm³/mol. The van der Waals surface area contributed by atoms with Crippen molar-refractivity contribution in [2.24, 2.45) is 0 Å². The number of hydrogen-bond donors (Lipinski definition) is 0. The summed E-state index contributed by atoms with van der Waals surface area (Å²) in [4.78, 5) is 0. The second-order valence-corrected chi connectivity index (χ2v) is 5.22. The Morgan fingerprint density at radius 3 is 2.94 bits per heavy atom. The van der Waals surface area contributed by atoms with Gasteiger partial charge in [0.2, 0.25) is 0 Å². The number of rotatable bonds is 4. The van der Waals surface area contributed by atoms with E-state index in [0.29, 0.717) is 0 Å². The lowest BCUT2D eigenvalue weighted by molar-refractivity contribution is 0.877. The van der Waals surface area contributed by atoms with E-state index in [2.05, 4.69) is 27.2 Å². The average Bonchev–Trinajstić information content (AvgIpc) is 2.79. The summed E-state index contributed by atoms with van der Waals surface area (Å²) in [5, 5.41) is 6.15. The molecule has 4 heteroatoms. The van der Waals surface area contributed by atoms with E-state index in [1.165, 1.54) is 5.56 Å². The summed E-state index contributed by atoms with van der Waals surface area (Å²) in [5.41, 5.74) is 3.34. The molecule has 0 radical (unpaired) electrons. The number of hydrogen-bond acceptors (Lipinski definition) is 1. The fraction of sp³-hybridized carbons (Fsp3) is 0.308. The largest absolute Gasteiger partial charge is 0.241 e. The molecule has 0 bridgehead atoms. The summed E-state index contributed by atoms with van der Waals surface area (Å²) >= 11 is 9.54. The molecule has 0 aliphatic rings. The Balaban J connectivity index is 2.21. The van der Waals surface area contributed by atoms with Crippen molar-refractivity contribution < 1.29 is 0 Å². The first-order valence-electron chi connectivity index (χ1n) is 5.57. The van der Waals surface area contributed by atoms with Crippen LogP contribution in [-0.2, 0) is 6.42 Å². The van der Waals surface area contributed by atoms with Crippen LogP contribution >= 0.6 is 27.5 Å². The quantitative estimate of drug-likeness (QED) is 0.775. The van der Waals surface area contributed by atoms with Crippen molar-refractivity contribution in [3.05, 3.63) is 46.7 Å². The van der Waals surface area contributed by atoms with Gasteiger partial charge in [0.05, 0.1) is 11.9 Å². The van der Waals surface area contributed by atoms with Gasteiger partial charge in [0.15, 0.2) is 0 Å². The maximum atomic E-state index is 6.11. The van der Waals surface area contributed by atoms with E-state index in [1.807, 2.05) is 36.0 Å². The first-order valence-corrected chi connectivity index (χ1v) is 7.06. The number of benzene rings is 1. The standard InChI is InChI=1S/C13H14BrClN2/c1-10-4-5-12(7-13(10)15)17-9-11(8-16-17)3-2-6-14/h4-5,7-9H,2-3,6H2,1H3. The Bertz CT molecular complexity index is 508. The number of halogens is 2. The molecule has 0 atom stereocenters. The molecule has 1 heterocycles. The summed E-state index contributed by atoms with van der Waals surface area (Å²) in [6.45, 7) is 2.00. The van der Waals surface area contributed by atoms with Crippen molar-refractivity contribution in [3.63, 3.8) is 0 Å². The molecule has 2 rings (SSSR count). The van der Waals surface area contributed by atoms with Crippen molar-refractivity contribution in [2.75, 3.05) is 5.33 Å². The van der Waals surface area contributed by atoms with Gasteiger partial charge in [-0.3, -0.25) is 0 Å². The van der Waals surface area contributed by atoms with Gasteiger partial charge < -0.3 is 0 Å². The highest BCUT2D eigenvalue weighted by Gasteiger charge is 2.03. The van der Waals surface area contributed by atoms with E-state index >= 15 is 0 Å². The van der Waals surface area contributed by atoms with Crippen molar-refractivity contribution in [1.29, 1.82) is 0 Å². The average molecular weight is 314 g/mol. The minimum Gasteiger partial charge on any atom is -0.241 e. The molecule has 0 aliphatic heterocycles. The molecule has 0 unspecified atom stereocenters. The van der Waals surface area contributed by atoms with Crippen LogP contribution in [0.2, 0.25) is 5.02 Å². The van der Waals surface area contributed by atoms with Crippen LogP contribution in [0.4, 0.5) is 0 Å². The van der Waals surface area contributed by atoms with Gasteiger partial charge in [0.25, 0.3) is 0 Å². The van der Waals surface area contributed by atoms with E-state index < -0.39 is 0 Å². The molecule has 90 valence electrons. The zero-order valence-electron chi connectivity index (χ0n) is 9.66. The zero-order valence-corrected chi connectivity index (χ0v) is 12.0. The van der Waals surface area contributed by atoms with E-state index in [9.17, 15) is 0 Å². The van der Waals surface area contributed by atoms with Gasteiger partial charge >= 0.3 is 0 Å². The summed E-state index contributed by atoms with van der Waals surface area (Å²) in [6.07, 6.45) is 6.14. The molecule has 2 aromatic rings. The Hall–Kier alpha value is -0.800. The molecule has 0 fully saturated rings. The van der Waals surface area contributed by atoms with Gasteiger partial charge in [-0.05, 0) is 43.0 Å². The molecular formula is C13H14BrClN2. The van der Waals surface area contributed by atoms with Crippen LogP contribution in [0.3, 0.4) is 0 Å². The first-order chi connectivity index (χ1) is 8.20. The fourth-order valence-corrected chi connectivity index (χ4v) is 2.08. The minimum absolute atomic E-state index is 0.778. The lowest BCUT2D eigenvalue weighted by Crippen LogP contribution is -1.94. The Labute approximate surface area is 115 Å². The third-order valence-electron chi connectivity index (χ3n) is 2.66. The Kier molecular flexibility index (Phi) is 4.24. The third-order valence-corrected chi connectivity index (χ3v) is 3.62. The molecule has 0 spiro atoms. The number of aromatic nitrogens is 2. The SMILES string of the molecule is Cc1ccc(-n2cc(CCCBr)cn2)cc1Cl. The molecular weight excluding hydrogens is 300 g/mol. The molecule has 1 aromatic carbocycles.